The Hall–Kier alpha value is -1.63. The lowest BCUT2D eigenvalue weighted by Crippen LogP contribution is -2.11. The minimum Gasteiger partial charge on any atom is -0.477 e. The van der Waals surface area contributed by atoms with Gasteiger partial charge in [0.15, 0.2) is 5.69 Å². The molecule has 4 heteroatoms. The van der Waals surface area contributed by atoms with Crippen molar-refractivity contribution in [3.05, 3.63) is 18.1 Å². The first-order valence-electron chi connectivity index (χ1n) is 4.86. The number of hydrogen-bond donors (Lipinski definition) is 0. The zero-order valence-electron chi connectivity index (χ0n) is 9.32. The molecule has 1 heterocycles. The number of hydrogen-bond acceptors (Lipinski definition) is 4. The Morgan fingerprint density at radius 1 is 1.33 bits per heavy atom. The van der Waals surface area contributed by atoms with E-state index in [2.05, 4.69) is 30.7 Å². The van der Waals surface area contributed by atoms with Gasteiger partial charge in [0, 0.05) is 0 Å². The van der Waals surface area contributed by atoms with Gasteiger partial charge < -0.3 is 4.74 Å². The van der Waals surface area contributed by atoms with Gasteiger partial charge in [0.05, 0.1) is 19.0 Å². The summed E-state index contributed by atoms with van der Waals surface area (Å²) in [7, 11) is 0. The first kappa shape index (κ1) is 11.4. The van der Waals surface area contributed by atoms with Gasteiger partial charge in [0.1, 0.15) is 6.07 Å². The van der Waals surface area contributed by atoms with Crippen LogP contribution in [0.3, 0.4) is 0 Å². The number of nitrogens with zero attached hydrogens (tertiary/aromatic N) is 3. The molecule has 1 aromatic rings. The summed E-state index contributed by atoms with van der Waals surface area (Å²) < 4.78 is 5.40. The number of aromatic nitrogens is 2. The molecule has 0 N–H and O–H groups in total. The third-order valence-electron chi connectivity index (χ3n) is 1.84. The van der Waals surface area contributed by atoms with E-state index in [1.165, 1.54) is 12.4 Å². The summed E-state index contributed by atoms with van der Waals surface area (Å²) in [5.74, 6) is 0.471. The zero-order chi connectivity index (χ0) is 11.3. The Balaban J connectivity index is 2.42. The number of rotatable bonds is 3. The van der Waals surface area contributed by atoms with Gasteiger partial charge in [-0.1, -0.05) is 20.8 Å². The maximum absolute atomic E-state index is 8.52. The third kappa shape index (κ3) is 4.41. The van der Waals surface area contributed by atoms with E-state index < -0.39 is 0 Å². The highest BCUT2D eigenvalue weighted by Crippen LogP contribution is 2.18. The van der Waals surface area contributed by atoms with E-state index in [0.29, 0.717) is 18.2 Å². The highest BCUT2D eigenvalue weighted by Gasteiger charge is 2.10. The second kappa shape index (κ2) is 4.74. The molecule has 0 saturated carbocycles. The molecule has 0 amide bonds. The molecule has 0 unspecified atom stereocenters. The van der Waals surface area contributed by atoms with Crippen molar-refractivity contribution in [1.29, 1.82) is 5.26 Å². The van der Waals surface area contributed by atoms with Gasteiger partial charge in [-0.05, 0) is 11.8 Å². The summed E-state index contributed by atoms with van der Waals surface area (Å²) in [6.45, 7) is 7.08. The molecular formula is C11H15N3O. The summed E-state index contributed by atoms with van der Waals surface area (Å²) >= 11 is 0. The van der Waals surface area contributed by atoms with E-state index in [9.17, 15) is 0 Å². The fraction of sp³-hybridized carbons (Fsp3) is 0.545. The van der Waals surface area contributed by atoms with Crippen LogP contribution in [0.1, 0.15) is 32.9 Å². The molecule has 0 bridgehead atoms. The summed E-state index contributed by atoms with van der Waals surface area (Å²) in [4.78, 5) is 7.83. The van der Waals surface area contributed by atoms with Crippen LogP contribution >= 0.6 is 0 Å². The molecule has 0 aliphatic rings. The normalized spacial score (nSPS) is 10.8. The van der Waals surface area contributed by atoms with Crippen molar-refractivity contribution in [2.45, 2.75) is 27.2 Å². The molecule has 0 saturated heterocycles. The van der Waals surface area contributed by atoms with Crippen LogP contribution in [-0.2, 0) is 0 Å². The lowest BCUT2D eigenvalue weighted by atomic mass is 9.93. The Morgan fingerprint density at radius 3 is 2.53 bits per heavy atom. The van der Waals surface area contributed by atoms with Crippen molar-refractivity contribution in [3.63, 3.8) is 0 Å². The SMILES string of the molecule is CC(C)(C)CCOc1cnc(C#N)cn1. The lowest BCUT2D eigenvalue weighted by molar-refractivity contribution is 0.235. The molecule has 0 spiro atoms. The van der Waals surface area contributed by atoms with Gasteiger partial charge in [-0.15, -0.1) is 0 Å². The third-order valence-corrected chi connectivity index (χ3v) is 1.84. The van der Waals surface area contributed by atoms with Crippen molar-refractivity contribution in [3.8, 4) is 11.9 Å². The maximum Gasteiger partial charge on any atom is 0.232 e. The Kier molecular flexibility index (Phi) is 3.62. The van der Waals surface area contributed by atoms with Crippen molar-refractivity contribution < 1.29 is 4.74 Å². The van der Waals surface area contributed by atoms with E-state index in [0.717, 1.165) is 6.42 Å². The van der Waals surface area contributed by atoms with Gasteiger partial charge in [0.25, 0.3) is 0 Å². The molecule has 0 aliphatic carbocycles. The largest absolute Gasteiger partial charge is 0.477 e. The fourth-order valence-corrected chi connectivity index (χ4v) is 0.910. The maximum atomic E-state index is 8.52. The molecule has 1 rings (SSSR count). The molecule has 80 valence electrons. The Bertz CT molecular complexity index is 346. The Morgan fingerprint density at radius 2 is 2.07 bits per heavy atom. The summed E-state index contributed by atoms with van der Waals surface area (Å²) in [6, 6.07) is 1.91. The van der Waals surface area contributed by atoms with Crippen LogP contribution < -0.4 is 4.74 Å². The molecule has 4 nitrogen and oxygen atoms in total. The summed E-state index contributed by atoms with van der Waals surface area (Å²) in [6.07, 6.45) is 3.84. The molecule has 0 atom stereocenters. The average Bonchev–Trinajstić information content (AvgIpc) is 2.17. The van der Waals surface area contributed by atoms with Crippen molar-refractivity contribution in [1.82, 2.24) is 9.97 Å². The van der Waals surface area contributed by atoms with Crippen LogP contribution in [0.5, 0.6) is 5.88 Å². The van der Waals surface area contributed by atoms with Crippen LogP contribution in [0.2, 0.25) is 0 Å². The topological polar surface area (TPSA) is 58.8 Å². The van der Waals surface area contributed by atoms with Gasteiger partial charge in [-0.2, -0.15) is 5.26 Å². The second-order valence-electron chi connectivity index (χ2n) is 4.51. The predicted molar refractivity (Wildman–Crippen MR) is 56.3 cm³/mol. The van der Waals surface area contributed by atoms with Crippen LogP contribution in [0.15, 0.2) is 12.4 Å². The van der Waals surface area contributed by atoms with E-state index in [4.69, 9.17) is 10.00 Å². The molecule has 0 aliphatic heterocycles. The van der Waals surface area contributed by atoms with E-state index in [1.807, 2.05) is 6.07 Å². The molecule has 0 fully saturated rings. The van der Waals surface area contributed by atoms with Crippen LogP contribution in [0.25, 0.3) is 0 Å². The highest BCUT2D eigenvalue weighted by molar-refractivity contribution is 5.18. The quantitative estimate of drug-likeness (QED) is 0.758. The Labute approximate surface area is 89.9 Å². The standard InChI is InChI=1S/C11H15N3O/c1-11(2,3)4-5-15-10-8-13-9(6-12)7-14-10/h7-8H,4-5H2,1-3H3. The van der Waals surface area contributed by atoms with Gasteiger partial charge in [-0.3, -0.25) is 0 Å². The fourth-order valence-electron chi connectivity index (χ4n) is 0.910. The van der Waals surface area contributed by atoms with E-state index in [-0.39, 0.29) is 5.41 Å². The summed E-state index contributed by atoms with van der Waals surface area (Å²) in [5.41, 5.74) is 0.554. The smallest absolute Gasteiger partial charge is 0.232 e. The predicted octanol–water partition coefficient (Wildman–Crippen LogP) is 2.16. The average molecular weight is 205 g/mol. The highest BCUT2D eigenvalue weighted by atomic mass is 16.5. The molecule has 0 radical (unpaired) electrons. The first-order chi connectivity index (χ1) is 7.01. The van der Waals surface area contributed by atoms with Crippen LogP contribution in [0, 0.1) is 16.7 Å². The van der Waals surface area contributed by atoms with Crippen molar-refractivity contribution in [2.24, 2.45) is 5.41 Å². The second-order valence-corrected chi connectivity index (χ2v) is 4.51. The van der Waals surface area contributed by atoms with Crippen LogP contribution in [0.4, 0.5) is 0 Å². The van der Waals surface area contributed by atoms with Gasteiger partial charge >= 0.3 is 0 Å². The first-order valence-corrected chi connectivity index (χ1v) is 4.86. The molecule has 15 heavy (non-hydrogen) atoms. The van der Waals surface area contributed by atoms with E-state index in [1.54, 1.807) is 0 Å². The number of nitriles is 1. The minimum atomic E-state index is 0.250. The molecular weight excluding hydrogens is 190 g/mol. The van der Waals surface area contributed by atoms with E-state index >= 15 is 0 Å². The van der Waals surface area contributed by atoms with Crippen molar-refractivity contribution >= 4 is 0 Å². The van der Waals surface area contributed by atoms with Gasteiger partial charge in [0.2, 0.25) is 5.88 Å². The van der Waals surface area contributed by atoms with Gasteiger partial charge in [-0.25, -0.2) is 9.97 Å². The summed E-state index contributed by atoms with van der Waals surface area (Å²) in [5, 5.41) is 8.52. The van der Waals surface area contributed by atoms with Crippen LogP contribution in [-0.4, -0.2) is 16.6 Å². The lowest BCUT2D eigenvalue weighted by Gasteiger charge is -2.17. The molecule has 1 aromatic heterocycles. The zero-order valence-corrected chi connectivity index (χ0v) is 9.32. The van der Waals surface area contributed by atoms with Crippen molar-refractivity contribution in [2.75, 3.05) is 6.61 Å². The molecule has 0 aromatic carbocycles. The monoisotopic (exact) mass is 205 g/mol. The minimum absolute atomic E-state index is 0.250. The number of ether oxygens (including phenoxy) is 1.